The molecule has 0 aliphatic rings. The third-order valence-corrected chi connectivity index (χ3v) is 2.56. The van der Waals surface area contributed by atoms with Crippen LogP contribution in [0.4, 0.5) is 13.2 Å². The monoisotopic (exact) mass is 327 g/mol. The second-order valence-corrected chi connectivity index (χ2v) is 4.63. The summed E-state index contributed by atoms with van der Waals surface area (Å²) in [7, 11) is 0. The molecule has 0 saturated carbocycles. The Balaban J connectivity index is 3.66. The molecular formula is C14H28F3N3O2. The van der Waals surface area contributed by atoms with Gasteiger partial charge < -0.3 is 20.1 Å². The highest BCUT2D eigenvalue weighted by molar-refractivity contribution is 5.79. The summed E-state index contributed by atoms with van der Waals surface area (Å²) in [6, 6.07) is 0. The maximum atomic E-state index is 12.1. The summed E-state index contributed by atoms with van der Waals surface area (Å²) in [5.41, 5.74) is 0. The second-order valence-electron chi connectivity index (χ2n) is 4.63. The number of rotatable bonds is 12. The molecule has 0 aliphatic heterocycles. The quantitative estimate of drug-likeness (QED) is 0.328. The van der Waals surface area contributed by atoms with Crippen molar-refractivity contribution in [1.29, 1.82) is 0 Å². The summed E-state index contributed by atoms with van der Waals surface area (Å²) in [6.45, 7) is 6.98. The fourth-order valence-corrected chi connectivity index (χ4v) is 1.45. The molecule has 0 atom stereocenters. The van der Waals surface area contributed by atoms with Crippen LogP contribution in [0.15, 0.2) is 4.99 Å². The molecule has 0 unspecified atom stereocenters. The lowest BCUT2D eigenvalue weighted by Gasteiger charge is -2.12. The van der Waals surface area contributed by atoms with Gasteiger partial charge in [0.05, 0.1) is 32.8 Å². The van der Waals surface area contributed by atoms with E-state index in [0.29, 0.717) is 38.9 Å². The van der Waals surface area contributed by atoms with Crippen molar-refractivity contribution in [3.05, 3.63) is 0 Å². The highest BCUT2D eigenvalue weighted by Gasteiger charge is 2.26. The third kappa shape index (κ3) is 15.4. The van der Waals surface area contributed by atoms with Gasteiger partial charge in [0.2, 0.25) is 0 Å². The van der Waals surface area contributed by atoms with Gasteiger partial charge in [0.1, 0.15) is 0 Å². The van der Waals surface area contributed by atoms with E-state index in [9.17, 15) is 13.2 Å². The maximum absolute atomic E-state index is 12.1. The lowest BCUT2D eigenvalue weighted by atomic mass is 10.4. The predicted octanol–water partition coefficient (Wildman–Crippen LogP) is 2.33. The number of hydrogen-bond acceptors (Lipinski definition) is 3. The van der Waals surface area contributed by atoms with Crippen LogP contribution in [-0.2, 0) is 9.47 Å². The first-order valence-electron chi connectivity index (χ1n) is 7.74. The minimum absolute atomic E-state index is 0.287. The van der Waals surface area contributed by atoms with Crippen LogP contribution in [0.25, 0.3) is 0 Å². The Morgan fingerprint density at radius 1 is 1.00 bits per heavy atom. The first-order chi connectivity index (χ1) is 10.5. The van der Waals surface area contributed by atoms with E-state index in [-0.39, 0.29) is 6.54 Å². The Morgan fingerprint density at radius 3 is 2.27 bits per heavy atom. The van der Waals surface area contributed by atoms with Crippen molar-refractivity contribution in [3.8, 4) is 0 Å². The molecule has 22 heavy (non-hydrogen) atoms. The average Bonchev–Trinajstić information content (AvgIpc) is 2.44. The van der Waals surface area contributed by atoms with Gasteiger partial charge in [-0.25, -0.2) is 0 Å². The summed E-state index contributed by atoms with van der Waals surface area (Å²) in [4.78, 5) is 3.86. The zero-order valence-corrected chi connectivity index (χ0v) is 13.5. The number of unbranched alkanes of at least 4 members (excludes halogenated alkanes) is 1. The summed E-state index contributed by atoms with van der Waals surface area (Å²) >= 11 is 0. The van der Waals surface area contributed by atoms with Gasteiger partial charge in [-0.05, 0) is 13.3 Å². The smallest absolute Gasteiger partial charge is 0.379 e. The van der Waals surface area contributed by atoms with Crippen molar-refractivity contribution in [2.24, 2.45) is 4.99 Å². The Hall–Kier alpha value is -1.02. The van der Waals surface area contributed by atoms with Gasteiger partial charge in [-0.15, -0.1) is 0 Å². The minimum atomic E-state index is -4.18. The number of nitrogens with zero attached hydrogens (tertiary/aromatic N) is 1. The third-order valence-electron chi connectivity index (χ3n) is 2.56. The first-order valence-corrected chi connectivity index (χ1v) is 7.74. The van der Waals surface area contributed by atoms with Gasteiger partial charge in [-0.3, -0.25) is 4.99 Å². The Kier molecular flexibility index (Phi) is 13.0. The van der Waals surface area contributed by atoms with Gasteiger partial charge in [0, 0.05) is 19.7 Å². The number of hydrogen-bond donors (Lipinski definition) is 2. The molecule has 0 radical (unpaired) electrons. The molecule has 2 N–H and O–H groups in total. The van der Waals surface area contributed by atoms with Gasteiger partial charge in [0.15, 0.2) is 5.96 Å². The van der Waals surface area contributed by atoms with Crippen LogP contribution >= 0.6 is 0 Å². The Bertz CT molecular complexity index is 287. The van der Waals surface area contributed by atoms with Crippen molar-refractivity contribution < 1.29 is 22.6 Å². The SMILES string of the molecule is CCCCOCCOCCNC(=NCCC(F)(F)F)NCC. The highest BCUT2D eigenvalue weighted by atomic mass is 19.4. The number of nitrogens with one attached hydrogen (secondary N) is 2. The van der Waals surface area contributed by atoms with Crippen molar-refractivity contribution >= 4 is 5.96 Å². The number of halogens is 3. The summed E-state index contributed by atoms with van der Waals surface area (Å²) < 4.78 is 46.8. The number of guanidine groups is 1. The topological polar surface area (TPSA) is 54.9 Å². The van der Waals surface area contributed by atoms with E-state index in [4.69, 9.17) is 9.47 Å². The fraction of sp³-hybridized carbons (Fsp3) is 0.929. The van der Waals surface area contributed by atoms with Crippen LogP contribution in [0.3, 0.4) is 0 Å². The van der Waals surface area contributed by atoms with E-state index in [2.05, 4.69) is 22.5 Å². The zero-order valence-electron chi connectivity index (χ0n) is 13.5. The molecule has 0 rings (SSSR count). The van der Waals surface area contributed by atoms with E-state index < -0.39 is 12.6 Å². The van der Waals surface area contributed by atoms with E-state index >= 15 is 0 Å². The average molecular weight is 327 g/mol. The molecule has 5 nitrogen and oxygen atoms in total. The zero-order chi connectivity index (χ0) is 16.7. The second kappa shape index (κ2) is 13.6. The maximum Gasteiger partial charge on any atom is 0.390 e. The number of ether oxygens (including phenoxy) is 2. The molecule has 132 valence electrons. The summed E-state index contributed by atoms with van der Waals surface area (Å²) in [6.07, 6.45) is -2.95. The van der Waals surface area contributed by atoms with Crippen molar-refractivity contribution in [3.63, 3.8) is 0 Å². The molecule has 0 aromatic rings. The molecule has 0 fully saturated rings. The van der Waals surface area contributed by atoms with E-state index in [1.54, 1.807) is 0 Å². The molecule has 0 spiro atoms. The molecule has 0 heterocycles. The molecule has 0 aliphatic carbocycles. The lowest BCUT2D eigenvalue weighted by molar-refractivity contribution is -0.132. The standard InChI is InChI=1S/C14H28F3N3O2/c1-3-5-9-21-11-12-22-10-8-20-13(18-4-2)19-7-6-14(15,16)17/h3-12H2,1-2H3,(H2,18,19,20). The van der Waals surface area contributed by atoms with Crippen LogP contribution in [0.2, 0.25) is 0 Å². The van der Waals surface area contributed by atoms with Crippen molar-refractivity contribution in [2.45, 2.75) is 39.3 Å². The fourth-order valence-electron chi connectivity index (χ4n) is 1.45. The van der Waals surface area contributed by atoms with Gasteiger partial charge in [0.25, 0.3) is 0 Å². The lowest BCUT2D eigenvalue weighted by Crippen LogP contribution is -2.39. The normalized spacial score (nSPS) is 12.5. The summed E-state index contributed by atoms with van der Waals surface area (Å²) in [5.74, 6) is 0.370. The molecule has 0 aromatic carbocycles. The first kappa shape index (κ1) is 21.0. The van der Waals surface area contributed by atoms with Crippen molar-refractivity contribution in [1.82, 2.24) is 10.6 Å². The largest absolute Gasteiger partial charge is 0.390 e. The van der Waals surface area contributed by atoms with E-state index in [0.717, 1.165) is 19.4 Å². The van der Waals surface area contributed by atoms with Crippen LogP contribution in [-0.4, -0.2) is 58.2 Å². The molecule has 8 heteroatoms. The van der Waals surface area contributed by atoms with E-state index in [1.165, 1.54) is 0 Å². The molecule has 0 bridgehead atoms. The van der Waals surface area contributed by atoms with Crippen LogP contribution < -0.4 is 10.6 Å². The number of alkyl halides is 3. The Labute approximate surface area is 130 Å². The summed E-state index contributed by atoms with van der Waals surface area (Å²) in [5, 5.41) is 5.81. The van der Waals surface area contributed by atoms with Gasteiger partial charge in [-0.2, -0.15) is 13.2 Å². The van der Waals surface area contributed by atoms with Gasteiger partial charge >= 0.3 is 6.18 Å². The van der Waals surface area contributed by atoms with Crippen LogP contribution in [0, 0.1) is 0 Å². The molecule has 0 amide bonds. The number of aliphatic imine (C=N–C) groups is 1. The van der Waals surface area contributed by atoms with Crippen molar-refractivity contribution in [2.75, 3.05) is 46.1 Å². The van der Waals surface area contributed by atoms with Crippen LogP contribution in [0.1, 0.15) is 33.1 Å². The highest BCUT2D eigenvalue weighted by Crippen LogP contribution is 2.18. The van der Waals surface area contributed by atoms with Crippen LogP contribution in [0.5, 0.6) is 0 Å². The van der Waals surface area contributed by atoms with Gasteiger partial charge in [-0.1, -0.05) is 13.3 Å². The van der Waals surface area contributed by atoms with E-state index in [1.807, 2.05) is 6.92 Å². The minimum Gasteiger partial charge on any atom is -0.379 e. The molecular weight excluding hydrogens is 299 g/mol. The Morgan fingerprint density at radius 2 is 1.68 bits per heavy atom. The predicted molar refractivity (Wildman–Crippen MR) is 81.2 cm³/mol. The molecule has 0 aromatic heterocycles. The molecule has 0 saturated heterocycles.